The molecule has 0 fully saturated rings. The van der Waals surface area contributed by atoms with Crippen molar-refractivity contribution in [2.24, 2.45) is 5.73 Å². The summed E-state index contributed by atoms with van der Waals surface area (Å²) in [6.45, 7) is 3.49. The van der Waals surface area contributed by atoms with E-state index in [1.54, 1.807) is 6.92 Å². The van der Waals surface area contributed by atoms with Crippen LogP contribution in [0.3, 0.4) is 0 Å². The Bertz CT molecular complexity index is 407. The van der Waals surface area contributed by atoms with Crippen molar-refractivity contribution in [1.29, 1.82) is 0 Å². The first-order chi connectivity index (χ1) is 7.36. The van der Waals surface area contributed by atoms with Crippen LogP contribution in [0, 0.1) is 5.82 Å². The van der Waals surface area contributed by atoms with Gasteiger partial charge in [-0.3, -0.25) is 4.79 Å². The van der Waals surface area contributed by atoms with Gasteiger partial charge in [-0.05, 0) is 47.5 Å². The first-order valence-electron chi connectivity index (χ1n) is 4.92. The van der Waals surface area contributed by atoms with Crippen LogP contribution in [0.2, 0.25) is 0 Å². The molecular weight excluding hydrogens is 275 g/mol. The van der Waals surface area contributed by atoms with Gasteiger partial charge in [-0.25, -0.2) is 4.39 Å². The molecule has 0 bridgehead atoms. The summed E-state index contributed by atoms with van der Waals surface area (Å²) in [7, 11) is 0. The average molecular weight is 289 g/mol. The summed E-state index contributed by atoms with van der Waals surface area (Å²) >= 11 is 3.17. The van der Waals surface area contributed by atoms with Crippen LogP contribution in [0.1, 0.15) is 20.3 Å². The van der Waals surface area contributed by atoms with Crippen molar-refractivity contribution in [3.05, 3.63) is 28.5 Å². The number of carbonyl (C=O) groups excluding carboxylic acids is 1. The lowest BCUT2D eigenvalue weighted by Crippen LogP contribution is -2.47. The van der Waals surface area contributed by atoms with Crippen LogP contribution >= 0.6 is 15.9 Å². The predicted octanol–water partition coefficient (Wildman–Crippen LogP) is 2.65. The van der Waals surface area contributed by atoms with E-state index in [0.717, 1.165) is 0 Å². The molecule has 3 N–H and O–H groups in total. The SMILES string of the molecule is CCC(C)(N)C(=O)Nc1ccc(F)cc1Br. The summed E-state index contributed by atoms with van der Waals surface area (Å²) in [4.78, 5) is 11.8. The summed E-state index contributed by atoms with van der Waals surface area (Å²) in [6, 6.07) is 4.05. The molecule has 1 aromatic rings. The number of anilines is 1. The molecule has 16 heavy (non-hydrogen) atoms. The second-order valence-electron chi connectivity index (χ2n) is 3.85. The summed E-state index contributed by atoms with van der Waals surface area (Å²) in [5.41, 5.74) is 5.37. The number of carbonyl (C=O) groups is 1. The topological polar surface area (TPSA) is 55.1 Å². The molecule has 0 aliphatic rings. The number of nitrogens with one attached hydrogen (secondary N) is 1. The zero-order chi connectivity index (χ0) is 12.3. The molecule has 5 heteroatoms. The summed E-state index contributed by atoms with van der Waals surface area (Å²) in [5.74, 6) is -0.654. The van der Waals surface area contributed by atoms with E-state index in [0.29, 0.717) is 16.6 Å². The molecular formula is C11H14BrFN2O. The molecule has 1 amide bonds. The maximum atomic E-state index is 12.8. The molecule has 0 aliphatic heterocycles. The maximum Gasteiger partial charge on any atom is 0.244 e. The van der Waals surface area contributed by atoms with E-state index >= 15 is 0 Å². The highest BCUT2D eigenvalue weighted by Crippen LogP contribution is 2.24. The quantitative estimate of drug-likeness (QED) is 0.898. The van der Waals surface area contributed by atoms with Gasteiger partial charge >= 0.3 is 0 Å². The first kappa shape index (κ1) is 13.1. The Morgan fingerprint density at radius 2 is 2.25 bits per heavy atom. The molecule has 0 radical (unpaired) electrons. The van der Waals surface area contributed by atoms with Gasteiger partial charge in [-0.2, -0.15) is 0 Å². The highest BCUT2D eigenvalue weighted by atomic mass is 79.9. The minimum atomic E-state index is -0.923. The van der Waals surface area contributed by atoms with Crippen molar-refractivity contribution >= 4 is 27.5 Å². The van der Waals surface area contributed by atoms with Crippen molar-refractivity contribution in [3.63, 3.8) is 0 Å². The minimum Gasteiger partial charge on any atom is -0.323 e. The lowest BCUT2D eigenvalue weighted by Gasteiger charge is -2.21. The average Bonchev–Trinajstić information content (AvgIpc) is 2.22. The minimum absolute atomic E-state index is 0.290. The van der Waals surface area contributed by atoms with E-state index in [-0.39, 0.29) is 11.7 Å². The van der Waals surface area contributed by atoms with Gasteiger partial charge in [-0.15, -0.1) is 0 Å². The van der Waals surface area contributed by atoms with Crippen LogP contribution in [-0.4, -0.2) is 11.4 Å². The highest BCUT2D eigenvalue weighted by molar-refractivity contribution is 9.10. The van der Waals surface area contributed by atoms with Crippen molar-refractivity contribution in [2.45, 2.75) is 25.8 Å². The number of hydrogen-bond donors (Lipinski definition) is 2. The Kier molecular flexibility index (Phi) is 4.04. The van der Waals surface area contributed by atoms with Gasteiger partial charge in [0.15, 0.2) is 0 Å². The number of benzene rings is 1. The monoisotopic (exact) mass is 288 g/mol. The Morgan fingerprint density at radius 1 is 1.62 bits per heavy atom. The molecule has 0 aromatic heterocycles. The number of halogens is 2. The number of nitrogens with two attached hydrogens (primary N) is 1. The molecule has 1 aromatic carbocycles. The van der Waals surface area contributed by atoms with E-state index in [1.165, 1.54) is 18.2 Å². The van der Waals surface area contributed by atoms with E-state index in [9.17, 15) is 9.18 Å². The Morgan fingerprint density at radius 3 is 2.75 bits per heavy atom. The van der Waals surface area contributed by atoms with Gasteiger partial charge in [0.1, 0.15) is 5.82 Å². The third-order valence-corrected chi connectivity index (χ3v) is 3.09. The van der Waals surface area contributed by atoms with E-state index < -0.39 is 5.54 Å². The predicted molar refractivity (Wildman–Crippen MR) is 65.6 cm³/mol. The standard InChI is InChI=1S/C11H14BrFN2O/c1-3-11(2,14)10(16)15-9-5-4-7(13)6-8(9)12/h4-6H,3,14H2,1-2H3,(H,15,16). The van der Waals surface area contributed by atoms with E-state index in [1.807, 2.05) is 6.92 Å². The largest absolute Gasteiger partial charge is 0.323 e. The maximum absolute atomic E-state index is 12.8. The fourth-order valence-corrected chi connectivity index (χ4v) is 1.47. The van der Waals surface area contributed by atoms with Gasteiger partial charge in [0.2, 0.25) is 5.91 Å². The zero-order valence-electron chi connectivity index (χ0n) is 9.18. The smallest absolute Gasteiger partial charge is 0.244 e. The van der Waals surface area contributed by atoms with Crippen LogP contribution in [-0.2, 0) is 4.79 Å². The number of rotatable bonds is 3. The lowest BCUT2D eigenvalue weighted by atomic mass is 9.99. The molecule has 1 atom stereocenters. The van der Waals surface area contributed by atoms with E-state index in [2.05, 4.69) is 21.2 Å². The molecule has 1 rings (SSSR count). The summed E-state index contributed by atoms with van der Waals surface area (Å²) in [6.07, 6.45) is 0.525. The summed E-state index contributed by atoms with van der Waals surface area (Å²) < 4.78 is 13.3. The van der Waals surface area contributed by atoms with Gasteiger partial charge in [-0.1, -0.05) is 6.92 Å². The molecule has 0 heterocycles. The van der Waals surface area contributed by atoms with Gasteiger partial charge in [0.25, 0.3) is 0 Å². The van der Waals surface area contributed by atoms with Crippen molar-refractivity contribution < 1.29 is 9.18 Å². The number of hydrogen-bond acceptors (Lipinski definition) is 2. The van der Waals surface area contributed by atoms with Crippen molar-refractivity contribution in [3.8, 4) is 0 Å². The fraction of sp³-hybridized carbons (Fsp3) is 0.364. The number of amides is 1. The third kappa shape index (κ3) is 3.02. The molecule has 3 nitrogen and oxygen atoms in total. The third-order valence-electron chi connectivity index (χ3n) is 2.43. The van der Waals surface area contributed by atoms with E-state index in [4.69, 9.17) is 5.73 Å². The van der Waals surface area contributed by atoms with Crippen molar-refractivity contribution in [2.75, 3.05) is 5.32 Å². The molecule has 88 valence electrons. The second-order valence-corrected chi connectivity index (χ2v) is 4.70. The lowest BCUT2D eigenvalue weighted by molar-refractivity contribution is -0.120. The molecule has 0 saturated carbocycles. The fourth-order valence-electron chi connectivity index (χ4n) is 1.02. The van der Waals surface area contributed by atoms with Gasteiger partial charge in [0, 0.05) is 4.47 Å². The summed E-state index contributed by atoms with van der Waals surface area (Å²) in [5, 5.41) is 2.65. The molecule has 1 unspecified atom stereocenters. The Labute approximate surface area is 102 Å². The second kappa shape index (κ2) is 4.93. The first-order valence-corrected chi connectivity index (χ1v) is 5.71. The molecule has 0 spiro atoms. The molecule has 0 aliphatic carbocycles. The van der Waals surface area contributed by atoms with Crippen LogP contribution in [0.5, 0.6) is 0 Å². The van der Waals surface area contributed by atoms with Crippen LogP contribution in [0.15, 0.2) is 22.7 Å². The van der Waals surface area contributed by atoms with Gasteiger partial charge in [0.05, 0.1) is 11.2 Å². The molecule has 0 saturated heterocycles. The van der Waals surface area contributed by atoms with Gasteiger partial charge < -0.3 is 11.1 Å². The zero-order valence-corrected chi connectivity index (χ0v) is 10.8. The van der Waals surface area contributed by atoms with Crippen LogP contribution < -0.4 is 11.1 Å². The normalized spacial score (nSPS) is 14.3. The van der Waals surface area contributed by atoms with Crippen LogP contribution in [0.25, 0.3) is 0 Å². The Balaban J connectivity index is 2.85. The van der Waals surface area contributed by atoms with Crippen molar-refractivity contribution in [1.82, 2.24) is 0 Å². The van der Waals surface area contributed by atoms with Crippen LogP contribution in [0.4, 0.5) is 10.1 Å². The highest BCUT2D eigenvalue weighted by Gasteiger charge is 2.26. The Hall–Kier alpha value is -0.940.